The fourth-order valence-electron chi connectivity index (χ4n) is 4.57. The van der Waals surface area contributed by atoms with E-state index in [1.165, 1.54) is 0 Å². The van der Waals surface area contributed by atoms with Crippen LogP contribution in [0, 0.1) is 6.92 Å². The molecule has 0 aromatic heterocycles. The van der Waals surface area contributed by atoms with Crippen molar-refractivity contribution < 1.29 is 17.9 Å². The first-order chi connectivity index (χ1) is 15.0. The molecule has 0 radical (unpaired) electrons. The third kappa shape index (κ3) is 5.29. The summed E-state index contributed by atoms with van der Waals surface area (Å²) in [4.78, 5) is 2.83. The SMILES string of the molecule is COC1CCN(C2CCN(S(=O)(=O)c3ccc(Oc4cccc(C)c4)cc3)CC2)CC1. The zero-order valence-electron chi connectivity index (χ0n) is 18.4. The van der Waals surface area contributed by atoms with Gasteiger partial charge in [0.1, 0.15) is 11.5 Å². The zero-order valence-corrected chi connectivity index (χ0v) is 19.2. The Morgan fingerprint density at radius 3 is 2.16 bits per heavy atom. The molecular formula is C24H32N2O4S. The first kappa shape index (κ1) is 22.3. The lowest BCUT2D eigenvalue weighted by Gasteiger charge is -2.41. The van der Waals surface area contributed by atoms with E-state index in [0.717, 1.165) is 50.1 Å². The highest BCUT2D eigenvalue weighted by Crippen LogP contribution is 2.28. The van der Waals surface area contributed by atoms with Crippen molar-refractivity contribution in [2.75, 3.05) is 33.3 Å². The third-order valence-electron chi connectivity index (χ3n) is 6.44. The number of piperidine rings is 2. The van der Waals surface area contributed by atoms with Gasteiger partial charge in [-0.3, -0.25) is 0 Å². The number of likely N-dealkylation sites (tertiary alicyclic amines) is 1. The second-order valence-electron chi connectivity index (χ2n) is 8.50. The lowest BCUT2D eigenvalue weighted by Crippen LogP contribution is -2.49. The van der Waals surface area contributed by atoms with Crippen molar-refractivity contribution in [2.45, 2.75) is 49.6 Å². The Balaban J connectivity index is 1.34. The summed E-state index contributed by atoms with van der Waals surface area (Å²) in [5.74, 6) is 1.37. The number of hydrogen-bond donors (Lipinski definition) is 0. The van der Waals surface area contributed by atoms with E-state index in [4.69, 9.17) is 9.47 Å². The van der Waals surface area contributed by atoms with Crippen LogP contribution in [-0.4, -0.2) is 63.1 Å². The molecule has 2 aromatic carbocycles. The summed E-state index contributed by atoms with van der Waals surface area (Å²) in [5, 5.41) is 0. The van der Waals surface area contributed by atoms with Crippen molar-refractivity contribution in [3.8, 4) is 11.5 Å². The van der Waals surface area contributed by atoms with Crippen LogP contribution in [0.5, 0.6) is 11.5 Å². The Hall–Kier alpha value is -1.93. The Morgan fingerprint density at radius 1 is 0.871 bits per heavy atom. The molecule has 2 heterocycles. The summed E-state index contributed by atoms with van der Waals surface area (Å²) in [5.41, 5.74) is 1.11. The van der Waals surface area contributed by atoms with Gasteiger partial charge in [0, 0.05) is 39.3 Å². The van der Waals surface area contributed by atoms with Gasteiger partial charge in [-0.05, 0) is 74.6 Å². The Kier molecular flexibility index (Phi) is 6.96. The maximum absolute atomic E-state index is 13.1. The highest BCUT2D eigenvalue weighted by molar-refractivity contribution is 7.89. The molecule has 0 atom stereocenters. The molecule has 0 saturated carbocycles. The minimum atomic E-state index is -3.49. The number of nitrogens with zero attached hydrogens (tertiary/aromatic N) is 2. The molecule has 2 aliphatic rings. The Bertz CT molecular complexity index is 961. The van der Waals surface area contributed by atoms with Crippen LogP contribution in [-0.2, 0) is 14.8 Å². The van der Waals surface area contributed by atoms with Gasteiger partial charge in [0.15, 0.2) is 0 Å². The first-order valence-electron chi connectivity index (χ1n) is 11.1. The highest BCUT2D eigenvalue weighted by Gasteiger charge is 2.33. The molecule has 6 nitrogen and oxygen atoms in total. The van der Waals surface area contributed by atoms with Gasteiger partial charge in [0.2, 0.25) is 10.0 Å². The molecule has 2 fully saturated rings. The molecule has 7 heteroatoms. The summed E-state index contributed by atoms with van der Waals surface area (Å²) in [6.45, 7) is 5.22. The van der Waals surface area contributed by atoms with E-state index in [1.807, 2.05) is 31.2 Å². The van der Waals surface area contributed by atoms with Gasteiger partial charge in [0.25, 0.3) is 0 Å². The normalized spacial score (nSPS) is 20.1. The molecule has 0 spiro atoms. The van der Waals surface area contributed by atoms with E-state index >= 15 is 0 Å². The van der Waals surface area contributed by atoms with Crippen molar-refractivity contribution in [1.82, 2.24) is 9.21 Å². The number of aryl methyl sites for hydroxylation is 1. The summed E-state index contributed by atoms with van der Waals surface area (Å²) in [6, 6.07) is 15.0. The van der Waals surface area contributed by atoms with Crippen LogP contribution in [0.1, 0.15) is 31.2 Å². The Morgan fingerprint density at radius 2 is 1.55 bits per heavy atom. The fraction of sp³-hybridized carbons (Fsp3) is 0.500. The van der Waals surface area contributed by atoms with Gasteiger partial charge in [-0.15, -0.1) is 0 Å². The Labute approximate surface area is 185 Å². The van der Waals surface area contributed by atoms with E-state index in [2.05, 4.69) is 4.90 Å². The molecule has 0 bridgehead atoms. The molecule has 2 aromatic rings. The number of methoxy groups -OCH3 is 1. The van der Waals surface area contributed by atoms with Gasteiger partial charge < -0.3 is 14.4 Å². The van der Waals surface area contributed by atoms with Crippen molar-refractivity contribution in [3.63, 3.8) is 0 Å². The second kappa shape index (κ2) is 9.69. The molecule has 0 amide bonds. The quantitative estimate of drug-likeness (QED) is 0.673. The molecule has 2 saturated heterocycles. The van der Waals surface area contributed by atoms with Crippen LogP contribution < -0.4 is 4.74 Å². The summed E-state index contributed by atoms with van der Waals surface area (Å²) in [7, 11) is -1.70. The zero-order chi connectivity index (χ0) is 21.8. The summed E-state index contributed by atoms with van der Waals surface area (Å²) < 4.78 is 39.2. The van der Waals surface area contributed by atoms with E-state index in [0.29, 0.717) is 35.9 Å². The topological polar surface area (TPSA) is 59.1 Å². The molecule has 31 heavy (non-hydrogen) atoms. The monoisotopic (exact) mass is 444 g/mol. The number of hydrogen-bond acceptors (Lipinski definition) is 5. The van der Waals surface area contributed by atoms with E-state index in [9.17, 15) is 8.42 Å². The maximum Gasteiger partial charge on any atom is 0.243 e. The molecular weight excluding hydrogens is 412 g/mol. The molecule has 0 unspecified atom stereocenters. The van der Waals surface area contributed by atoms with Crippen molar-refractivity contribution in [1.29, 1.82) is 0 Å². The number of benzene rings is 2. The van der Waals surface area contributed by atoms with Crippen LogP contribution in [0.4, 0.5) is 0 Å². The van der Waals surface area contributed by atoms with Gasteiger partial charge in [-0.2, -0.15) is 4.31 Å². The number of ether oxygens (including phenoxy) is 2. The van der Waals surface area contributed by atoms with Crippen LogP contribution in [0.15, 0.2) is 53.4 Å². The van der Waals surface area contributed by atoms with Crippen molar-refractivity contribution >= 4 is 10.0 Å². The minimum absolute atomic E-state index is 0.323. The lowest BCUT2D eigenvalue weighted by atomic mass is 10.00. The van der Waals surface area contributed by atoms with Crippen molar-refractivity contribution in [2.24, 2.45) is 0 Å². The van der Waals surface area contributed by atoms with E-state index < -0.39 is 10.0 Å². The molecule has 0 N–H and O–H groups in total. The minimum Gasteiger partial charge on any atom is -0.457 e. The first-order valence-corrected chi connectivity index (χ1v) is 12.5. The number of rotatable bonds is 6. The van der Waals surface area contributed by atoms with E-state index in [-0.39, 0.29) is 0 Å². The van der Waals surface area contributed by atoms with Gasteiger partial charge in [-0.25, -0.2) is 8.42 Å². The molecule has 4 rings (SSSR count). The maximum atomic E-state index is 13.1. The molecule has 168 valence electrons. The summed E-state index contributed by atoms with van der Waals surface area (Å²) >= 11 is 0. The van der Waals surface area contributed by atoms with Gasteiger partial charge >= 0.3 is 0 Å². The standard InChI is InChI=1S/C24H32N2O4S/c1-19-4-3-5-23(18-19)30-22-6-8-24(9-7-22)31(27,28)26-16-10-20(11-17-26)25-14-12-21(29-2)13-15-25/h3-9,18,20-21H,10-17H2,1-2H3. The molecule has 2 aliphatic heterocycles. The number of sulfonamides is 1. The van der Waals surface area contributed by atoms with Crippen LogP contribution in [0.25, 0.3) is 0 Å². The van der Waals surface area contributed by atoms with Gasteiger partial charge in [0.05, 0.1) is 11.0 Å². The molecule has 0 aliphatic carbocycles. The largest absolute Gasteiger partial charge is 0.457 e. The van der Waals surface area contributed by atoms with E-state index in [1.54, 1.807) is 35.7 Å². The predicted molar refractivity (Wildman–Crippen MR) is 121 cm³/mol. The van der Waals surface area contributed by atoms with Crippen LogP contribution in [0.3, 0.4) is 0 Å². The average molecular weight is 445 g/mol. The van der Waals surface area contributed by atoms with Gasteiger partial charge in [-0.1, -0.05) is 12.1 Å². The fourth-order valence-corrected chi connectivity index (χ4v) is 6.04. The highest BCUT2D eigenvalue weighted by atomic mass is 32.2. The third-order valence-corrected chi connectivity index (χ3v) is 8.35. The second-order valence-corrected chi connectivity index (χ2v) is 10.4. The van der Waals surface area contributed by atoms with Crippen LogP contribution in [0.2, 0.25) is 0 Å². The average Bonchev–Trinajstić information content (AvgIpc) is 2.80. The smallest absolute Gasteiger partial charge is 0.243 e. The van der Waals surface area contributed by atoms with Crippen LogP contribution >= 0.6 is 0 Å². The summed E-state index contributed by atoms with van der Waals surface area (Å²) in [6.07, 6.45) is 4.25. The lowest BCUT2D eigenvalue weighted by molar-refractivity contribution is 0.0190. The predicted octanol–water partition coefficient (Wildman–Crippen LogP) is 4.05. The van der Waals surface area contributed by atoms with Crippen molar-refractivity contribution in [3.05, 3.63) is 54.1 Å².